The molecule has 17 heavy (non-hydrogen) atoms. The van der Waals surface area contributed by atoms with E-state index in [1.165, 1.54) is 11.5 Å². The lowest BCUT2D eigenvalue weighted by molar-refractivity contribution is 0.499. The molecular weight excluding hydrogens is 232 g/mol. The zero-order valence-electron chi connectivity index (χ0n) is 10.9. The second-order valence-electron chi connectivity index (χ2n) is 4.92. The van der Waals surface area contributed by atoms with Crippen LogP contribution in [0.4, 0.5) is 0 Å². The zero-order chi connectivity index (χ0) is 12.9. The molecule has 5 heteroatoms. The number of hydrogen-bond acceptors (Lipinski definition) is 5. The van der Waals surface area contributed by atoms with E-state index in [0.717, 1.165) is 23.4 Å². The van der Waals surface area contributed by atoms with Crippen molar-refractivity contribution in [3.05, 3.63) is 10.6 Å². The Balaban J connectivity index is 2.87. The third kappa shape index (κ3) is 3.77. The van der Waals surface area contributed by atoms with Gasteiger partial charge in [0, 0.05) is 11.8 Å². The van der Waals surface area contributed by atoms with E-state index < -0.39 is 0 Å². The number of nitrogens with zero attached hydrogens (tertiary/aromatic N) is 2. The van der Waals surface area contributed by atoms with E-state index >= 15 is 0 Å². The van der Waals surface area contributed by atoms with Gasteiger partial charge in [0.05, 0.1) is 16.6 Å². The van der Waals surface area contributed by atoms with Gasteiger partial charge < -0.3 is 0 Å². The number of rotatable bonds is 4. The molecule has 0 saturated heterocycles. The highest BCUT2D eigenvalue weighted by atomic mass is 32.1. The van der Waals surface area contributed by atoms with E-state index in [1.807, 2.05) is 6.92 Å². The summed E-state index contributed by atoms with van der Waals surface area (Å²) in [5.74, 6) is 11.6. The number of nitrogens with one attached hydrogen (secondary N) is 1. The maximum atomic E-state index is 5.61. The summed E-state index contributed by atoms with van der Waals surface area (Å²) >= 11 is 1.42. The first-order chi connectivity index (χ1) is 8.00. The Bertz CT molecular complexity index is 408. The highest BCUT2D eigenvalue weighted by molar-refractivity contribution is 7.05. The van der Waals surface area contributed by atoms with Gasteiger partial charge in [0.15, 0.2) is 0 Å². The van der Waals surface area contributed by atoms with Crippen LogP contribution in [0.15, 0.2) is 0 Å². The van der Waals surface area contributed by atoms with E-state index in [0.29, 0.717) is 0 Å². The Kier molecular flexibility index (Phi) is 5.06. The molecule has 0 fully saturated rings. The minimum absolute atomic E-state index is 0.00608. The Morgan fingerprint density at radius 2 is 2.18 bits per heavy atom. The monoisotopic (exact) mass is 252 g/mol. The van der Waals surface area contributed by atoms with Crippen molar-refractivity contribution in [3.63, 3.8) is 0 Å². The van der Waals surface area contributed by atoms with Gasteiger partial charge in [-0.05, 0) is 24.9 Å². The predicted molar refractivity (Wildman–Crippen MR) is 71.4 cm³/mol. The van der Waals surface area contributed by atoms with Gasteiger partial charge in [-0.2, -0.15) is 0 Å². The van der Waals surface area contributed by atoms with Gasteiger partial charge in [0.25, 0.3) is 0 Å². The van der Waals surface area contributed by atoms with Crippen LogP contribution in [-0.4, -0.2) is 9.59 Å². The lowest BCUT2D eigenvalue weighted by atomic mass is 9.89. The molecule has 0 saturated carbocycles. The lowest BCUT2D eigenvalue weighted by Gasteiger charge is -2.20. The van der Waals surface area contributed by atoms with Crippen molar-refractivity contribution < 1.29 is 0 Å². The van der Waals surface area contributed by atoms with Gasteiger partial charge in [0.1, 0.15) is 0 Å². The normalized spacial score (nSPS) is 13.0. The first-order valence-electron chi connectivity index (χ1n) is 5.69. The van der Waals surface area contributed by atoms with Crippen LogP contribution in [0.1, 0.15) is 57.1 Å². The van der Waals surface area contributed by atoms with Gasteiger partial charge in [-0.25, -0.2) is 0 Å². The van der Waals surface area contributed by atoms with Crippen molar-refractivity contribution >= 4 is 11.5 Å². The molecule has 0 aliphatic heterocycles. The maximum Gasteiger partial charge on any atom is 0.0857 e. The topological polar surface area (TPSA) is 63.8 Å². The fraction of sp³-hybridized carbons (Fsp3) is 0.667. The molecule has 0 amide bonds. The van der Waals surface area contributed by atoms with Gasteiger partial charge in [-0.15, -0.1) is 16.9 Å². The average Bonchev–Trinajstić information content (AvgIpc) is 2.73. The Morgan fingerprint density at radius 1 is 1.47 bits per heavy atom. The van der Waals surface area contributed by atoms with Gasteiger partial charge >= 0.3 is 0 Å². The van der Waals surface area contributed by atoms with Gasteiger partial charge in [0.2, 0.25) is 0 Å². The van der Waals surface area contributed by atoms with Crippen molar-refractivity contribution in [1.29, 1.82) is 0 Å². The summed E-state index contributed by atoms with van der Waals surface area (Å²) in [6.07, 6.45) is 1.71. The standard InChI is InChI=1S/C12H20N4S/c1-5-6-7-8-9(14-13)10-11(12(2,3)4)15-16-17-10/h9,14H,7-8,13H2,1-4H3. The van der Waals surface area contributed by atoms with E-state index in [9.17, 15) is 0 Å². The molecule has 1 rings (SSSR count). The molecule has 0 spiro atoms. The average molecular weight is 252 g/mol. The molecule has 1 unspecified atom stereocenters. The minimum atomic E-state index is -0.00608. The molecular formula is C12H20N4S. The van der Waals surface area contributed by atoms with Crippen LogP contribution in [0, 0.1) is 11.8 Å². The number of aromatic nitrogens is 2. The van der Waals surface area contributed by atoms with E-state index in [-0.39, 0.29) is 11.5 Å². The SMILES string of the molecule is CC#CCCC(NN)c1snnc1C(C)(C)C. The smallest absolute Gasteiger partial charge is 0.0857 e. The zero-order valence-corrected chi connectivity index (χ0v) is 11.7. The van der Waals surface area contributed by atoms with Crippen molar-refractivity contribution in [2.24, 2.45) is 5.84 Å². The number of hydrogen-bond donors (Lipinski definition) is 2. The fourth-order valence-electron chi connectivity index (χ4n) is 1.58. The molecule has 1 atom stereocenters. The summed E-state index contributed by atoms with van der Waals surface area (Å²) in [6.45, 7) is 8.24. The summed E-state index contributed by atoms with van der Waals surface area (Å²) < 4.78 is 4.05. The molecule has 1 aromatic heterocycles. The summed E-state index contributed by atoms with van der Waals surface area (Å²) in [5.41, 5.74) is 3.86. The van der Waals surface area contributed by atoms with E-state index in [4.69, 9.17) is 5.84 Å². The van der Waals surface area contributed by atoms with Crippen LogP contribution in [-0.2, 0) is 5.41 Å². The fourth-order valence-corrected chi connectivity index (χ4v) is 2.53. The highest BCUT2D eigenvalue weighted by Crippen LogP contribution is 2.31. The highest BCUT2D eigenvalue weighted by Gasteiger charge is 2.26. The van der Waals surface area contributed by atoms with Crippen LogP contribution in [0.2, 0.25) is 0 Å². The Morgan fingerprint density at radius 3 is 2.71 bits per heavy atom. The van der Waals surface area contributed by atoms with Crippen LogP contribution in [0.3, 0.4) is 0 Å². The van der Waals surface area contributed by atoms with Crippen LogP contribution >= 0.6 is 11.5 Å². The number of nitrogens with two attached hydrogens (primary N) is 1. The molecule has 0 radical (unpaired) electrons. The van der Waals surface area contributed by atoms with Crippen molar-refractivity contribution in [1.82, 2.24) is 15.0 Å². The van der Waals surface area contributed by atoms with Crippen molar-refractivity contribution in [2.75, 3.05) is 0 Å². The second-order valence-corrected chi connectivity index (χ2v) is 5.71. The van der Waals surface area contributed by atoms with Crippen LogP contribution in [0.5, 0.6) is 0 Å². The molecule has 4 nitrogen and oxygen atoms in total. The second kappa shape index (κ2) is 6.10. The van der Waals surface area contributed by atoms with Crippen molar-refractivity contribution in [2.45, 2.75) is 52.0 Å². The summed E-state index contributed by atoms with van der Waals surface area (Å²) in [7, 11) is 0. The molecule has 0 aliphatic rings. The van der Waals surface area contributed by atoms with Crippen molar-refractivity contribution in [3.8, 4) is 11.8 Å². The summed E-state index contributed by atoms with van der Waals surface area (Å²) in [5, 5.41) is 4.22. The summed E-state index contributed by atoms with van der Waals surface area (Å²) in [4.78, 5) is 1.12. The molecule has 1 heterocycles. The first kappa shape index (κ1) is 14.1. The largest absolute Gasteiger partial charge is 0.271 e. The molecule has 0 aliphatic carbocycles. The summed E-state index contributed by atoms with van der Waals surface area (Å²) in [6, 6.07) is 0.0880. The molecule has 3 N–H and O–H groups in total. The predicted octanol–water partition coefficient (Wildman–Crippen LogP) is 2.14. The molecule has 1 aromatic rings. The molecule has 0 aromatic carbocycles. The Hall–Kier alpha value is -0.960. The first-order valence-corrected chi connectivity index (χ1v) is 6.46. The third-order valence-electron chi connectivity index (χ3n) is 2.48. The number of hydrazine groups is 1. The third-order valence-corrected chi connectivity index (χ3v) is 3.31. The van der Waals surface area contributed by atoms with Crippen LogP contribution < -0.4 is 11.3 Å². The van der Waals surface area contributed by atoms with Gasteiger partial charge in [-0.3, -0.25) is 11.3 Å². The van der Waals surface area contributed by atoms with Crippen LogP contribution in [0.25, 0.3) is 0 Å². The Labute approximate surface area is 107 Å². The van der Waals surface area contributed by atoms with Gasteiger partial charge in [-0.1, -0.05) is 25.3 Å². The van der Waals surface area contributed by atoms with E-state index in [1.54, 1.807) is 0 Å². The molecule has 94 valence electrons. The minimum Gasteiger partial charge on any atom is -0.271 e. The maximum absolute atomic E-state index is 5.61. The molecule has 0 bridgehead atoms. The van der Waals surface area contributed by atoms with E-state index in [2.05, 4.69) is 47.6 Å². The quantitative estimate of drug-likeness (QED) is 0.489. The lowest BCUT2D eigenvalue weighted by Crippen LogP contribution is -2.29.